The van der Waals surface area contributed by atoms with Crippen molar-refractivity contribution in [3.05, 3.63) is 77.1 Å². The molecule has 3 aromatic rings. The summed E-state index contributed by atoms with van der Waals surface area (Å²) in [5, 5.41) is 7.80. The lowest BCUT2D eigenvalue weighted by atomic mass is 10.0. The molecule has 1 N–H and O–H groups in total. The maximum Gasteiger partial charge on any atom is 0.238 e. The number of benzene rings is 2. The van der Waals surface area contributed by atoms with Crippen LogP contribution in [0.25, 0.3) is 5.69 Å². The molecule has 2 heterocycles. The summed E-state index contributed by atoms with van der Waals surface area (Å²) >= 11 is 0. The van der Waals surface area contributed by atoms with Crippen LogP contribution in [-0.4, -0.2) is 58.7 Å². The Bertz CT molecular complexity index is 1040. The molecule has 1 saturated heterocycles. The van der Waals surface area contributed by atoms with E-state index in [0.717, 1.165) is 42.4 Å². The van der Waals surface area contributed by atoms with E-state index in [1.165, 1.54) is 11.1 Å². The number of nitrogens with zero attached hydrogens (tertiary/aromatic N) is 4. The van der Waals surface area contributed by atoms with Gasteiger partial charge in [-0.2, -0.15) is 5.10 Å². The topological polar surface area (TPSA) is 53.4 Å². The molecule has 1 unspecified atom stereocenters. The molecule has 1 fully saturated rings. The van der Waals surface area contributed by atoms with Gasteiger partial charge in [0.1, 0.15) is 0 Å². The lowest BCUT2D eigenvalue weighted by Gasteiger charge is -2.39. The fraction of sp³-hybridized carbons (Fsp3) is 0.360. The molecular weight excluding hydrogens is 386 g/mol. The van der Waals surface area contributed by atoms with Crippen LogP contribution in [0.3, 0.4) is 0 Å². The van der Waals surface area contributed by atoms with Crippen molar-refractivity contribution in [2.75, 3.05) is 38.5 Å². The zero-order valence-electron chi connectivity index (χ0n) is 18.8. The molecule has 1 atom stereocenters. The molecule has 0 spiro atoms. The van der Waals surface area contributed by atoms with Crippen LogP contribution in [-0.2, 0) is 4.79 Å². The quantitative estimate of drug-likeness (QED) is 0.687. The van der Waals surface area contributed by atoms with E-state index in [1.54, 1.807) is 0 Å². The van der Waals surface area contributed by atoms with Gasteiger partial charge in [0.25, 0.3) is 0 Å². The van der Waals surface area contributed by atoms with Crippen molar-refractivity contribution in [3.63, 3.8) is 0 Å². The number of rotatable bonds is 5. The highest BCUT2D eigenvalue weighted by Crippen LogP contribution is 2.26. The van der Waals surface area contributed by atoms with Crippen LogP contribution in [0, 0.1) is 20.8 Å². The number of aromatic nitrogens is 2. The summed E-state index contributed by atoms with van der Waals surface area (Å²) in [4.78, 5) is 17.6. The van der Waals surface area contributed by atoms with Crippen molar-refractivity contribution in [1.29, 1.82) is 0 Å². The van der Waals surface area contributed by atoms with E-state index in [4.69, 9.17) is 0 Å². The van der Waals surface area contributed by atoms with Crippen LogP contribution < -0.4 is 5.32 Å². The van der Waals surface area contributed by atoms with Gasteiger partial charge in [0, 0.05) is 25.7 Å². The summed E-state index contributed by atoms with van der Waals surface area (Å²) < 4.78 is 1.90. The predicted octanol–water partition coefficient (Wildman–Crippen LogP) is 3.72. The van der Waals surface area contributed by atoms with Crippen molar-refractivity contribution in [3.8, 4) is 5.69 Å². The van der Waals surface area contributed by atoms with Gasteiger partial charge in [-0.1, -0.05) is 48.0 Å². The van der Waals surface area contributed by atoms with E-state index in [0.29, 0.717) is 6.54 Å². The fourth-order valence-corrected chi connectivity index (χ4v) is 4.26. The minimum absolute atomic E-state index is 0.000130. The van der Waals surface area contributed by atoms with Gasteiger partial charge in [-0.3, -0.25) is 9.69 Å². The average molecular weight is 418 g/mol. The van der Waals surface area contributed by atoms with Crippen LogP contribution in [0.5, 0.6) is 0 Å². The SMILES string of the molecule is Cc1ccc(-n2nc(C)c(NC(=O)CN3CCN(C)CC3c3ccccc3)c2C)cc1. The zero-order chi connectivity index (χ0) is 22.0. The summed E-state index contributed by atoms with van der Waals surface area (Å²) in [7, 11) is 2.14. The van der Waals surface area contributed by atoms with Gasteiger partial charge < -0.3 is 10.2 Å². The van der Waals surface area contributed by atoms with E-state index in [2.05, 4.69) is 82.7 Å². The number of carbonyl (C=O) groups is 1. The van der Waals surface area contributed by atoms with E-state index >= 15 is 0 Å². The van der Waals surface area contributed by atoms with Gasteiger partial charge in [0.15, 0.2) is 0 Å². The lowest BCUT2D eigenvalue weighted by molar-refractivity contribution is -0.118. The minimum Gasteiger partial charge on any atom is -0.322 e. The Morgan fingerprint density at radius 3 is 2.45 bits per heavy atom. The third kappa shape index (κ3) is 4.70. The molecule has 6 nitrogen and oxygen atoms in total. The standard InChI is InChI=1S/C25H31N5O/c1-18-10-12-22(13-11-18)30-20(3)25(19(2)27-30)26-24(31)17-29-15-14-28(4)16-23(29)21-8-6-5-7-9-21/h5-13,23H,14-17H2,1-4H3,(H,26,31). The van der Waals surface area contributed by atoms with E-state index in [1.807, 2.05) is 24.6 Å². The maximum absolute atomic E-state index is 13.0. The molecule has 0 aliphatic carbocycles. The number of carbonyl (C=O) groups excluding carboxylic acids is 1. The van der Waals surface area contributed by atoms with Crippen LogP contribution in [0.4, 0.5) is 5.69 Å². The maximum atomic E-state index is 13.0. The molecule has 4 rings (SSSR count). The fourth-order valence-electron chi connectivity index (χ4n) is 4.26. The highest BCUT2D eigenvalue weighted by Gasteiger charge is 2.28. The molecule has 0 saturated carbocycles. The van der Waals surface area contributed by atoms with Crippen LogP contribution in [0.2, 0.25) is 0 Å². The molecule has 1 amide bonds. The number of anilines is 1. The Morgan fingerprint density at radius 1 is 1.03 bits per heavy atom. The number of hydrogen-bond acceptors (Lipinski definition) is 4. The first-order chi connectivity index (χ1) is 14.9. The van der Waals surface area contributed by atoms with Crippen molar-refractivity contribution in [2.24, 2.45) is 0 Å². The third-order valence-corrected chi connectivity index (χ3v) is 6.06. The second-order valence-electron chi connectivity index (χ2n) is 8.50. The summed E-state index contributed by atoms with van der Waals surface area (Å²) in [6.07, 6.45) is 0. The van der Waals surface area contributed by atoms with Crippen LogP contribution in [0.15, 0.2) is 54.6 Å². The highest BCUT2D eigenvalue weighted by atomic mass is 16.2. The average Bonchev–Trinajstić information content (AvgIpc) is 3.04. The smallest absolute Gasteiger partial charge is 0.238 e. The molecule has 2 aromatic carbocycles. The Kier molecular flexibility index (Phi) is 6.20. The Hall–Kier alpha value is -2.96. The Balaban J connectivity index is 1.50. The van der Waals surface area contributed by atoms with Gasteiger partial charge >= 0.3 is 0 Å². The van der Waals surface area contributed by atoms with Crippen molar-refractivity contribution >= 4 is 11.6 Å². The first-order valence-corrected chi connectivity index (χ1v) is 10.8. The molecule has 1 aliphatic rings. The van der Waals surface area contributed by atoms with Gasteiger partial charge in [0.2, 0.25) is 5.91 Å². The van der Waals surface area contributed by atoms with E-state index in [-0.39, 0.29) is 11.9 Å². The van der Waals surface area contributed by atoms with Crippen molar-refractivity contribution in [1.82, 2.24) is 19.6 Å². The van der Waals surface area contributed by atoms with Crippen LogP contribution in [0.1, 0.15) is 28.6 Å². The number of piperazine rings is 1. The van der Waals surface area contributed by atoms with Gasteiger partial charge in [-0.05, 0) is 45.5 Å². The predicted molar refractivity (Wildman–Crippen MR) is 125 cm³/mol. The number of amides is 1. The van der Waals surface area contributed by atoms with E-state index < -0.39 is 0 Å². The number of nitrogens with one attached hydrogen (secondary N) is 1. The van der Waals surface area contributed by atoms with E-state index in [9.17, 15) is 4.79 Å². The molecule has 0 radical (unpaired) electrons. The first-order valence-electron chi connectivity index (χ1n) is 10.8. The lowest BCUT2D eigenvalue weighted by Crippen LogP contribution is -2.49. The molecule has 31 heavy (non-hydrogen) atoms. The van der Waals surface area contributed by atoms with Gasteiger partial charge in [-0.15, -0.1) is 0 Å². The van der Waals surface area contributed by atoms with Crippen LogP contribution >= 0.6 is 0 Å². The highest BCUT2D eigenvalue weighted by molar-refractivity contribution is 5.93. The number of aryl methyl sites for hydroxylation is 2. The number of likely N-dealkylation sites (N-methyl/N-ethyl adjacent to an activating group) is 1. The Morgan fingerprint density at radius 2 is 1.74 bits per heavy atom. The molecule has 1 aromatic heterocycles. The zero-order valence-corrected chi connectivity index (χ0v) is 18.8. The second-order valence-corrected chi connectivity index (χ2v) is 8.50. The van der Waals surface area contributed by atoms with Crippen molar-refractivity contribution in [2.45, 2.75) is 26.8 Å². The number of hydrogen-bond donors (Lipinski definition) is 1. The molecule has 0 bridgehead atoms. The van der Waals surface area contributed by atoms with Crippen molar-refractivity contribution < 1.29 is 4.79 Å². The normalized spacial score (nSPS) is 17.6. The summed E-state index contributed by atoms with van der Waals surface area (Å²) in [5.41, 5.74) is 6.02. The summed E-state index contributed by atoms with van der Waals surface area (Å²) in [6.45, 7) is 9.11. The van der Waals surface area contributed by atoms with Gasteiger partial charge in [-0.25, -0.2) is 4.68 Å². The second kappa shape index (κ2) is 9.04. The monoisotopic (exact) mass is 417 g/mol. The molecule has 162 valence electrons. The molecule has 1 aliphatic heterocycles. The minimum atomic E-state index is 0.000130. The summed E-state index contributed by atoms with van der Waals surface area (Å²) in [5.74, 6) is 0.000130. The Labute approximate surface area is 184 Å². The summed E-state index contributed by atoms with van der Waals surface area (Å²) in [6, 6.07) is 18.9. The van der Waals surface area contributed by atoms with Gasteiger partial charge in [0.05, 0.1) is 29.3 Å². The molecular formula is C25H31N5O. The third-order valence-electron chi connectivity index (χ3n) is 6.06. The first kappa shape index (κ1) is 21.3. The molecule has 6 heteroatoms. The largest absolute Gasteiger partial charge is 0.322 e.